The van der Waals surface area contributed by atoms with E-state index in [1.54, 1.807) is 24.3 Å². The van der Waals surface area contributed by atoms with E-state index in [0.717, 1.165) is 0 Å². The molecule has 7 nitrogen and oxygen atoms in total. The molecule has 7 heteroatoms. The molecule has 0 bridgehead atoms. The summed E-state index contributed by atoms with van der Waals surface area (Å²) in [5.74, 6) is 1.02. The van der Waals surface area contributed by atoms with Crippen LogP contribution in [0.1, 0.15) is 5.56 Å². The lowest BCUT2D eigenvalue weighted by Crippen LogP contribution is -2.12. The third-order valence-electron chi connectivity index (χ3n) is 2.54. The Bertz CT molecular complexity index is 636. The number of ether oxygens (including phenoxy) is 1. The Labute approximate surface area is 114 Å². The van der Waals surface area contributed by atoms with Crippen molar-refractivity contribution in [1.29, 1.82) is 0 Å². The van der Waals surface area contributed by atoms with Crippen molar-refractivity contribution in [3.8, 4) is 11.5 Å². The lowest BCUT2D eigenvalue weighted by Gasteiger charge is -2.06. The molecule has 20 heavy (non-hydrogen) atoms. The Morgan fingerprint density at radius 2 is 1.60 bits per heavy atom. The zero-order valence-corrected chi connectivity index (χ0v) is 10.3. The lowest BCUT2D eigenvalue weighted by atomic mass is 10.2. The van der Waals surface area contributed by atoms with Crippen LogP contribution in [0.3, 0.4) is 0 Å². The van der Waals surface area contributed by atoms with Crippen molar-refractivity contribution in [2.24, 2.45) is 10.9 Å². The molecule has 0 saturated heterocycles. The number of oxime groups is 1. The molecule has 2 rings (SSSR count). The third-order valence-corrected chi connectivity index (χ3v) is 2.54. The average Bonchev–Trinajstić information content (AvgIpc) is 2.48. The number of nitro benzene ring substituents is 1. The topological polar surface area (TPSA) is 111 Å². The van der Waals surface area contributed by atoms with Gasteiger partial charge in [0.1, 0.15) is 11.5 Å². The van der Waals surface area contributed by atoms with Crippen LogP contribution in [0, 0.1) is 10.1 Å². The maximum absolute atomic E-state index is 10.5. The lowest BCUT2D eigenvalue weighted by molar-refractivity contribution is -0.384. The van der Waals surface area contributed by atoms with Crippen molar-refractivity contribution in [3.05, 3.63) is 64.2 Å². The molecule has 0 aliphatic carbocycles. The number of nitro groups is 1. The molecule has 2 aromatic carbocycles. The smallest absolute Gasteiger partial charge is 0.269 e. The van der Waals surface area contributed by atoms with E-state index in [2.05, 4.69) is 5.16 Å². The van der Waals surface area contributed by atoms with Gasteiger partial charge in [-0.3, -0.25) is 10.1 Å². The first kappa shape index (κ1) is 13.3. The zero-order chi connectivity index (χ0) is 14.5. The van der Waals surface area contributed by atoms with E-state index in [0.29, 0.717) is 17.1 Å². The average molecular weight is 273 g/mol. The second-order valence-electron chi connectivity index (χ2n) is 3.86. The van der Waals surface area contributed by atoms with E-state index in [1.807, 2.05) is 0 Å². The summed E-state index contributed by atoms with van der Waals surface area (Å²) in [4.78, 5) is 10.0. The molecule has 0 amide bonds. The Balaban J connectivity index is 2.12. The SMILES string of the molecule is N/C(=N\O)c1ccc(Oc2ccc([N+](=O)[O-])cc2)cc1. The van der Waals surface area contributed by atoms with Crippen molar-refractivity contribution >= 4 is 11.5 Å². The van der Waals surface area contributed by atoms with Crippen molar-refractivity contribution in [1.82, 2.24) is 0 Å². The van der Waals surface area contributed by atoms with Gasteiger partial charge in [-0.25, -0.2) is 0 Å². The molecule has 102 valence electrons. The van der Waals surface area contributed by atoms with Crippen molar-refractivity contribution in [2.75, 3.05) is 0 Å². The number of rotatable bonds is 4. The van der Waals surface area contributed by atoms with Gasteiger partial charge in [0.15, 0.2) is 5.84 Å². The zero-order valence-electron chi connectivity index (χ0n) is 10.3. The minimum Gasteiger partial charge on any atom is -0.457 e. The summed E-state index contributed by atoms with van der Waals surface area (Å²) in [6.07, 6.45) is 0. The Kier molecular flexibility index (Phi) is 3.80. The second kappa shape index (κ2) is 5.70. The van der Waals surface area contributed by atoms with E-state index >= 15 is 0 Å². The molecule has 3 N–H and O–H groups in total. The summed E-state index contributed by atoms with van der Waals surface area (Å²) in [6.45, 7) is 0. The molecule has 0 aliphatic heterocycles. The van der Waals surface area contributed by atoms with Gasteiger partial charge < -0.3 is 15.7 Å². The van der Waals surface area contributed by atoms with E-state index in [1.165, 1.54) is 24.3 Å². The molecule has 0 unspecified atom stereocenters. The van der Waals surface area contributed by atoms with E-state index in [9.17, 15) is 10.1 Å². The van der Waals surface area contributed by atoms with E-state index in [-0.39, 0.29) is 11.5 Å². The van der Waals surface area contributed by atoms with Crippen LogP contribution in [0.4, 0.5) is 5.69 Å². The van der Waals surface area contributed by atoms with Gasteiger partial charge in [-0.2, -0.15) is 0 Å². The standard InChI is InChI=1S/C13H11N3O4/c14-13(15-17)9-1-5-11(6-2-9)20-12-7-3-10(4-8-12)16(18)19/h1-8,17H,(H2,14,15). The largest absolute Gasteiger partial charge is 0.457 e. The molecule has 0 aliphatic rings. The van der Waals surface area contributed by atoms with Gasteiger partial charge in [0.2, 0.25) is 0 Å². The van der Waals surface area contributed by atoms with Gasteiger partial charge >= 0.3 is 0 Å². The quantitative estimate of drug-likeness (QED) is 0.292. The normalized spacial score (nSPS) is 11.1. The maximum Gasteiger partial charge on any atom is 0.269 e. The molecule has 0 radical (unpaired) electrons. The van der Waals surface area contributed by atoms with Gasteiger partial charge in [0, 0.05) is 17.7 Å². The summed E-state index contributed by atoms with van der Waals surface area (Å²) in [6, 6.07) is 12.3. The van der Waals surface area contributed by atoms with Crippen LogP contribution in [-0.2, 0) is 0 Å². The second-order valence-corrected chi connectivity index (χ2v) is 3.86. The molecular weight excluding hydrogens is 262 g/mol. The third kappa shape index (κ3) is 3.02. The van der Waals surface area contributed by atoms with E-state index in [4.69, 9.17) is 15.7 Å². The van der Waals surface area contributed by atoms with Crippen LogP contribution in [0.15, 0.2) is 53.7 Å². The molecule has 0 spiro atoms. The summed E-state index contributed by atoms with van der Waals surface area (Å²) in [5, 5.41) is 22.0. The first-order valence-electron chi connectivity index (χ1n) is 5.60. The number of non-ortho nitro benzene ring substituents is 1. The maximum atomic E-state index is 10.5. The predicted octanol–water partition coefficient (Wildman–Crippen LogP) is 2.48. The summed E-state index contributed by atoms with van der Waals surface area (Å²) < 4.78 is 5.52. The fourth-order valence-corrected chi connectivity index (χ4v) is 1.52. The first-order valence-corrected chi connectivity index (χ1v) is 5.60. The van der Waals surface area contributed by atoms with Gasteiger partial charge in [-0.1, -0.05) is 5.16 Å². The highest BCUT2D eigenvalue weighted by molar-refractivity contribution is 5.97. The number of nitrogens with two attached hydrogens (primary N) is 1. The van der Waals surface area contributed by atoms with E-state index < -0.39 is 4.92 Å². The first-order chi connectivity index (χ1) is 9.60. The summed E-state index contributed by atoms with van der Waals surface area (Å²) >= 11 is 0. The Hall–Kier alpha value is -3.09. The van der Waals surface area contributed by atoms with Gasteiger partial charge in [-0.15, -0.1) is 0 Å². The number of hydrogen-bond donors (Lipinski definition) is 2. The van der Waals surface area contributed by atoms with Crippen molar-refractivity contribution in [3.63, 3.8) is 0 Å². The highest BCUT2D eigenvalue weighted by atomic mass is 16.6. The van der Waals surface area contributed by atoms with Gasteiger partial charge in [0.05, 0.1) is 4.92 Å². The molecule has 2 aromatic rings. The fourth-order valence-electron chi connectivity index (χ4n) is 1.52. The van der Waals surface area contributed by atoms with Crippen LogP contribution in [-0.4, -0.2) is 16.0 Å². The molecule has 0 saturated carbocycles. The molecule has 0 aromatic heterocycles. The number of nitrogens with zero attached hydrogens (tertiary/aromatic N) is 2. The predicted molar refractivity (Wildman–Crippen MR) is 72.1 cm³/mol. The Morgan fingerprint density at radius 3 is 2.05 bits per heavy atom. The number of amidine groups is 1. The molecule has 0 fully saturated rings. The van der Waals surface area contributed by atoms with Gasteiger partial charge in [0.25, 0.3) is 5.69 Å². The highest BCUT2D eigenvalue weighted by Crippen LogP contribution is 2.23. The van der Waals surface area contributed by atoms with Crippen molar-refractivity contribution in [2.45, 2.75) is 0 Å². The van der Waals surface area contributed by atoms with Gasteiger partial charge in [-0.05, 0) is 36.4 Å². The number of hydrogen-bond acceptors (Lipinski definition) is 5. The summed E-state index contributed by atoms with van der Waals surface area (Å²) in [7, 11) is 0. The van der Waals surface area contributed by atoms with Crippen LogP contribution >= 0.6 is 0 Å². The van der Waals surface area contributed by atoms with Crippen molar-refractivity contribution < 1.29 is 14.9 Å². The molecular formula is C13H11N3O4. The van der Waals surface area contributed by atoms with Crippen LogP contribution in [0.2, 0.25) is 0 Å². The molecule has 0 atom stereocenters. The van der Waals surface area contributed by atoms with Crippen LogP contribution in [0.25, 0.3) is 0 Å². The number of benzene rings is 2. The highest BCUT2D eigenvalue weighted by Gasteiger charge is 2.05. The minimum absolute atomic E-state index is 0.000344. The monoisotopic (exact) mass is 273 g/mol. The summed E-state index contributed by atoms with van der Waals surface area (Å²) in [5.41, 5.74) is 6.00. The van der Waals surface area contributed by atoms with Crippen LogP contribution < -0.4 is 10.5 Å². The van der Waals surface area contributed by atoms with Crippen LogP contribution in [0.5, 0.6) is 11.5 Å². The minimum atomic E-state index is -0.477. The molecule has 0 heterocycles. The fraction of sp³-hybridized carbons (Fsp3) is 0. The Morgan fingerprint density at radius 1 is 1.10 bits per heavy atom.